The van der Waals surface area contributed by atoms with Gasteiger partial charge in [0.2, 0.25) is 15.9 Å². The summed E-state index contributed by atoms with van der Waals surface area (Å²) in [6, 6.07) is 9.91. The maximum absolute atomic E-state index is 12.4. The normalized spacial score (nSPS) is 11.9. The molecule has 2 aromatic carbocycles. The van der Waals surface area contributed by atoms with Gasteiger partial charge in [-0.05, 0) is 42.8 Å². The minimum absolute atomic E-state index is 0.203. The molecule has 3 aromatic rings. The van der Waals surface area contributed by atoms with Gasteiger partial charge >= 0.3 is 0 Å². The van der Waals surface area contributed by atoms with Crippen molar-refractivity contribution < 1.29 is 13.2 Å². The van der Waals surface area contributed by atoms with Gasteiger partial charge in [0, 0.05) is 26.3 Å². The number of carbonyl (C=O) groups is 1. The molecule has 3 N–H and O–H groups in total. The van der Waals surface area contributed by atoms with Crippen LogP contribution in [0.1, 0.15) is 29.5 Å². The molecule has 0 radical (unpaired) electrons. The van der Waals surface area contributed by atoms with Gasteiger partial charge in [0.25, 0.3) is 0 Å². The molecular formula is C20H24ClN5O3S. The molecule has 1 heterocycles. The highest BCUT2D eigenvalue weighted by Gasteiger charge is 2.19. The van der Waals surface area contributed by atoms with E-state index in [1.807, 2.05) is 0 Å². The standard InChI is InChI=1S/C20H24ClN5O3S/c1-4-9-26-18-8-6-14(30(28,29)25(2)3)11-17(18)24-19(26)12-23-13-5-7-15(20(22)27)16(21)10-13/h5-8,10-11,23H,4,9,12H2,1-3H3,(H2,22,27). The third kappa shape index (κ3) is 4.28. The van der Waals surface area contributed by atoms with Gasteiger partial charge in [0.15, 0.2) is 0 Å². The average molecular weight is 450 g/mol. The first-order valence-electron chi connectivity index (χ1n) is 9.40. The summed E-state index contributed by atoms with van der Waals surface area (Å²) in [7, 11) is -0.541. The Kier molecular flexibility index (Phi) is 6.35. The highest BCUT2D eigenvalue weighted by atomic mass is 35.5. The lowest BCUT2D eigenvalue weighted by Crippen LogP contribution is -2.22. The molecule has 0 aliphatic rings. The lowest BCUT2D eigenvalue weighted by Gasteiger charge is -2.12. The quantitative estimate of drug-likeness (QED) is 0.549. The number of primary amides is 1. The lowest BCUT2D eigenvalue weighted by atomic mass is 10.2. The second-order valence-corrected chi connectivity index (χ2v) is 9.59. The zero-order chi connectivity index (χ0) is 22.1. The minimum Gasteiger partial charge on any atom is -0.378 e. The Morgan fingerprint density at radius 2 is 1.97 bits per heavy atom. The largest absolute Gasteiger partial charge is 0.378 e. The Balaban J connectivity index is 1.94. The number of carbonyl (C=O) groups excluding carboxylic acids is 1. The molecule has 0 atom stereocenters. The van der Waals surface area contributed by atoms with Gasteiger partial charge in [-0.25, -0.2) is 17.7 Å². The number of nitrogens with two attached hydrogens (primary N) is 1. The molecule has 0 bridgehead atoms. The van der Waals surface area contributed by atoms with E-state index in [4.69, 9.17) is 17.3 Å². The Morgan fingerprint density at radius 3 is 2.57 bits per heavy atom. The number of aromatic nitrogens is 2. The van der Waals surface area contributed by atoms with E-state index in [-0.39, 0.29) is 15.5 Å². The van der Waals surface area contributed by atoms with E-state index in [0.29, 0.717) is 12.1 Å². The van der Waals surface area contributed by atoms with Crippen molar-refractivity contribution in [1.82, 2.24) is 13.9 Å². The number of anilines is 1. The summed E-state index contributed by atoms with van der Waals surface area (Å²) >= 11 is 6.11. The van der Waals surface area contributed by atoms with E-state index < -0.39 is 15.9 Å². The highest BCUT2D eigenvalue weighted by molar-refractivity contribution is 7.89. The van der Waals surface area contributed by atoms with Gasteiger partial charge in [0.1, 0.15) is 5.82 Å². The third-order valence-electron chi connectivity index (χ3n) is 4.71. The number of amides is 1. The first kappa shape index (κ1) is 22.1. The first-order chi connectivity index (χ1) is 14.1. The topological polar surface area (TPSA) is 110 Å². The van der Waals surface area contributed by atoms with E-state index in [1.54, 1.807) is 36.4 Å². The molecule has 0 aliphatic heterocycles. The molecule has 8 nitrogen and oxygen atoms in total. The lowest BCUT2D eigenvalue weighted by molar-refractivity contribution is 0.100. The number of halogens is 1. The fourth-order valence-electron chi connectivity index (χ4n) is 3.14. The van der Waals surface area contributed by atoms with Crippen molar-refractivity contribution in [2.75, 3.05) is 19.4 Å². The van der Waals surface area contributed by atoms with Crippen LogP contribution in [0.3, 0.4) is 0 Å². The fraction of sp³-hybridized carbons (Fsp3) is 0.300. The van der Waals surface area contributed by atoms with Crippen LogP contribution in [-0.2, 0) is 23.1 Å². The van der Waals surface area contributed by atoms with Gasteiger partial charge < -0.3 is 15.6 Å². The average Bonchev–Trinajstić information content (AvgIpc) is 3.03. The predicted octanol–water partition coefficient (Wildman–Crippen LogP) is 3.06. The number of sulfonamides is 1. The fourth-order valence-corrected chi connectivity index (χ4v) is 4.34. The van der Waals surface area contributed by atoms with Crippen LogP contribution >= 0.6 is 11.6 Å². The van der Waals surface area contributed by atoms with E-state index in [9.17, 15) is 13.2 Å². The Morgan fingerprint density at radius 1 is 1.23 bits per heavy atom. The van der Waals surface area contributed by atoms with Crippen LogP contribution in [0.5, 0.6) is 0 Å². The smallest absolute Gasteiger partial charge is 0.250 e. The van der Waals surface area contributed by atoms with Crippen LogP contribution in [0, 0.1) is 0 Å². The van der Waals surface area contributed by atoms with Crippen LogP contribution in [0.25, 0.3) is 11.0 Å². The predicted molar refractivity (Wildman–Crippen MR) is 118 cm³/mol. The second-order valence-electron chi connectivity index (χ2n) is 7.03. The van der Waals surface area contributed by atoms with Crippen molar-refractivity contribution in [2.24, 2.45) is 5.73 Å². The molecule has 0 unspecified atom stereocenters. The molecule has 10 heteroatoms. The zero-order valence-electron chi connectivity index (χ0n) is 17.0. The van der Waals surface area contributed by atoms with Gasteiger partial charge in [-0.1, -0.05) is 18.5 Å². The van der Waals surface area contributed by atoms with Gasteiger partial charge in [-0.3, -0.25) is 4.79 Å². The number of nitrogens with one attached hydrogen (secondary N) is 1. The number of hydrogen-bond acceptors (Lipinski definition) is 5. The van der Waals surface area contributed by atoms with Crippen molar-refractivity contribution in [3.63, 3.8) is 0 Å². The van der Waals surface area contributed by atoms with E-state index in [1.165, 1.54) is 18.4 Å². The molecule has 0 fully saturated rings. The van der Waals surface area contributed by atoms with Crippen molar-refractivity contribution in [3.05, 3.63) is 52.8 Å². The SMILES string of the molecule is CCCn1c(CNc2ccc(C(N)=O)c(Cl)c2)nc2cc(S(=O)(=O)N(C)C)ccc21. The third-order valence-corrected chi connectivity index (χ3v) is 6.83. The molecule has 1 aromatic heterocycles. The maximum atomic E-state index is 12.4. The molecule has 30 heavy (non-hydrogen) atoms. The summed E-state index contributed by atoms with van der Waals surface area (Å²) < 4.78 is 28.1. The molecule has 160 valence electrons. The van der Waals surface area contributed by atoms with Crippen molar-refractivity contribution in [1.29, 1.82) is 0 Å². The van der Waals surface area contributed by atoms with Gasteiger partial charge in [-0.15, -0.1) is 0 Å². The highest BCUT2D eigenvalue weighted by Crippen LogP contribution is 2.24. The van der Waals surface area contributed by atoms with Crippen molar-refractivity contribution in [2.45, 2.75) is 31.3 Å². The first-order valence-corrected chi connectivity index (χ1v) is 11.2. The number of hydrogen-bond donors (Lipinski definition) is 2. The second kappa shape index (κ2) is 8.63. The van der Waals surface area contributed by atoms with Crippen molar-refractivity contribution in [3.8, 4) is 0 Å². The molecule has 0 saturated heterocycles. The summed E-state index contributed by atoms with van der Waals surface area (Å²) in [4.78, 5) is 16.2. The van der Waals surface area contributed by atoms with Gasteiger partial charge in [0.05, 0.1) is 33.1 Å². The Hall–Kier alpha value is -2.62. The monoisotopic (exact) mass is 449 g/mol. The molecule has 0 aliphatic carbocycles. The van der Waals surface area contributed by atoms with E-state index >= 15 is 0 Å². The molecule has 1 amide bonds. The number of fused-ring (bicyclic) bond motifs is 1. The van der Waals surface area contributed by atoms with Crippen LogP contribution in [-0.4, -0.2) is 42.3 Å². The summed E-state index contributed by atoms with van der Waals surface area (Å²) in [5.74, 6) is 0.182. The van der Waals surface area contributed by atoms with Crippen LogP contribution in [0.4, 0.5) is 5.69 Å². The molecule has 3 rings (SSSR count). The summed E-state index contributed by atoms with van der Waals surface area (Å²) in [6.45, 7) is 3.21. The van der Waals surface area contributed by atoms with E-state index in [2.05, 4.69) is 21.8 Å². The van der Waals surface area contributed by atoms with Crippen molar-refractivity contribution >= 4 is 44.3 Å². The van der Waals surface area contributed by atoms with Crippen LogP contribution < -0.4 is 11.1 Å². The van der Waals surface area contributed by atoms with E-state index in [0.717, 1.165) is 30.0 Å². The molecule has 0 spiro atoms. The number of rotatable bonds is 8. The Labute approximate surface area is 180 Å². The minimum atomic E-state index is -3.54. The number of imidazole rings is 1. The van der Waals surface area contributed by atoms with Crippen LogP contribution in [0.15, 0.2) is 41.3 Å². The summed E-state index contributed by atoms with van der Waals surface area (Å²) in [6.07, 6.45) is 0.898. The zero-order valence-corrected chi connectivity index (χ0v) is 18.6. The summed E-state index contributed by atoms with van der Waals surface area (Å²) in [5.41, 5.74) is 7.75. The van der Waals surface area contributed by atoms with Crippen LogP contribution in [0.2, 0.25) is 5.02 Å². The number of nitrogens with zero attached hydrogens (tertiary/aromatic N) is 3. The Bertz CT molecular complexity index is 1200. The summed E-state index contributed by atoms with van der Waals surface area (Å²) in [5, 5.41) is 3.52. The molecular weight excluding hydrogens is 426 g/mol. The number of aryl methyl sites for hydroxylation is 1. The van der Waals surface area contributed by atoms with Gasteiger partial charge in [-0.2, -0.15) is 0 Å². The number of benzene rings is 2. The molecule has 0 saturated carbocycles. The maximum Gasteiger partial charge on any atom is 0.250 e.